The second kappa shape index (κ2) is 9.30. The number of amides is 2. The molecule has 0 radical (unpaired) electrons. The minimum Gasteiger partial charge on any atom is -0.444 e. The lowest BCUT2D eigenvalue weighted by Crippen LogP contribution is -2.47. The number of carbonyl (C=O) groups excluding carboxylic acids is 2. The van der Waals surface area contributed by atoms with Gasteiger partial charge in [0.15, 0.2) is 0 Å². The second-order valence-corrected chi connectivity index (χ2v) is 8.53. The number of rotatable bonds is 4. The first-order valence-corrected chi connectivity index (χ1v) is 10.2. The van der Waals surface area contributed by atoms with Crippen LogP contribution in [0, 0.1) is 0 Å². The van der Waals surface area contributed by atoms with Gasteiger partial charge in [0.2, 0.25) is 0 Å². The molecule has 2 aromatic rings. The Balaban J connectivity index is 1.50. The van der Waals surface area contributed by atoms with Gasteiger partial charge < -0.3 is 20.3 Å². The zero-order valence-electron chi connectivity index (χ0n) is 17.3. The van der Waals surface area contributed by atoms with Crippen LogP contribution in [0.25, 0.3) is 0 Å². The molecule has 1 aliphatic rings. The molecule has 8 nitrogen and oxygen atoms in total. The van der Waals surface area contributed by atoms with Crippen LogP contribution in [0.5, 0.6) is 0 Å². The van der Waals surface area contributed by atoms with Crippen molar-refractivity contribution in [3.8, 4) is 0 Å². The third-order valence-electron chi connectivity index (χ3n) is 4.54. The standard InChI is InChI=1S/C21H26ClN5O3/c1-21(2,3)30-20(29)27-10-7-15(8-11-27)25-19(28)14-4-5-18(24-12-14)26-17-6-9-23-13-16(17)22/h4-6,9,12-13,15H,7-8,10-11H2,1-3H3,(H,25,28)(H,23,24,26). The lowest BCUT2D eigenvalue weighted by molar-refractivity contribution is 0.0199. The molecule has 2 amide bonds. The summed E-state index contributed by atoms with van der Waals surface area (Å²) < 4.78 is 5.40. The van der Waals surface area contributed by atoms with Crippen molar-refractivity contribution in [2.75, 3.05) is 18.4 Å². The summed E-state index contributed by atoms with van der Waals surface area (Å²) in [6.45, 7) is 6.64. The van der Waals surface area contributed by atoms with Crippen LogP contribution in [0.3, 0.4) is 0 Å². The van der Waals surface area contributed by atoms with E-state index in [0.29, 0.717) is 48.0 Å². The Morgan fingerprint density at radius 1 is 1.17 bits per heavy atom. The number of hydrogen-bond donors (Lipinski definition) is 2. The van der Waals surface area contributed by atoms with Gasteiger partial charge in [-0.3, -0.25) is 9.78 Å². The summed E-state index contributed by atoms with van der Waals surface area (Å²) in [5.74, 6) is 0.386. The zero-order chi connectivity index (χ0) is 21.7. The number of hydrogen-bond acceptors (Lipinski definition) is 6. The van der Waals surface area contributed by atoms with Crippen LogP contribution < -0.4 is 10.6 Å². The SMILES string of the molecule is CC(C)(C)OC(=O)N1CCC(NC(=O)c2ccc(Nc3ccncc3Cl)nc2)CC1. The molecule has 0 aliphatic carbocycles. The largest absolute Gasteiger partial charge is 0.444 e. The van der Waals surface area contributed by atoms with Crippen LogP contribution in [0.1, 0.15) is 44.0 Å². The first-order valence-electron chi connectivity index (χ1n) is 9.82. The normalized spacial score (nSPS) is 14.9. The summed E-state index contributed by atoms with van der Waals surface area (Å²) in [4.78, 5) is 34.6. The summed E-state index contributed by atoms with van der Waals surface area (Å²) in [5.41, 5.74) is 0.642. The van der Waals surface area contributed by atoms with Crippen LogP contribution in [0.15, 0.2) is 36.8 Å². The second-order valence-electron chi connectivity index (χ2n) is 8.13. The average Bonchev–Trinajstić information content (AvgIpc) is 2.69. The summed E-state index contributed by atoms with van der Waals surface area (Å²) >= 11 is 6.08. The average molecular weight is 432 g/mol. The number of piperidine rings is 1. The first kappa shape index (κ1) is 21.8. The van der Waals surface area contributed by atoms with Crippen LogP contribution >= 0.6 is 11.6 Å². The first-order chi connectivity index (χ1) is 14.2. The Bertz CT molecular complexity index is 890. The highest BCUT2D eigenvalue weighted by Gasteiger charge is 2.27. The third-order valence-corrected chi connectivity index (χ3v) is 4.84. The highest BCUT2D eigenvalue weighted by Crippen LogP contribution is 2.23. The van der Waals surface area contributed by atoms with Gasteiger partial charge in [-0.05, 0) is 51.8 Å². The van der Waals surface area contributed by atoms with Crippen molar-refractivity contribution in [3.05, 3.63) is 47.4 Å². The van der Waals surface area contributed by atoms with Crippen molar-refractivity contribution in [2.24, 2.45) is 0 Å². The number of likely N-dealkylation sites (tertiary alicyclic amines) is 1. The lowest BCUT2D eigenvalue weighted by atomic mass is 10.0. The molecule has 0 unspecified atom stereocenters. The van der Waals surface area contributed by atoms with Crippen molar-refractivity contribution >= 4 is 35.1 Å². The molecule has 0 bridgehead atoms. The maximum atomic E-state index is 12.5. The molecular formula is C21H26ClN5O3. The predicted molar refractivity (Wildman–Crippen MR) is 115 cm³/mol. The molecule has 3 heterocycles. The number of nitrogens with one attached hydrogen (secondary N) is 2. The summed E-state index contributed by atoms with van der Waals surface area (Å²) in [6, 6.07) is 5.17. The molecule has 30 heavy (non-hydrogen) atoms. The van der Waals surface area contributed by atoms with E-state index in [9.17, 15) is 9.59 Å². The maximum absolute atomic E-state index is 12.5. The minimum atomic E-state index is -0.515. The van der Waals surface area contributed by atoms with Crippen molar-refractivity contribution in [3.63, 3.8) is 0 Å². The summed E-state index contributed by atoms with van der Waals surface area (Å²) in [5, 5.41) is 6.59. The van der Waals surface area contributed by atoms with Crippen LogP contribution in [-0.2, 0) is 4.74 Å². The number of aromatic nitrogens is 2. The van der Waals surface area contributed by atoms with E-state index in [1.54, 1.807) is 35.5 Å². The number of ether oxygens (including phenoxy) is 1. The topological polar surface area (TPSA) is 96.5 Å². The van der Waals surface area contributed by atoms with Gasteiger partial charge in [-0.25, -0.2) is 9.78 Å². The molecule has 1 fully saturated rings. The Labute approximate surface area is 181 Å². The number of halogens is 1. The zero-order valence-corrected chi connectivity index (χ0v) is 18.1. The van der Waals surface area contributed by atoms with Crippen LogP contribution in [0.4, 0.5) is 16.3 Å². The van der Waals surface area contributed by atoms with Gasteiger partial charge in [-0.15, -0.1) is 0 Å². The number of nitrogens with zero attached hydrogens (tertiary/aromatic N) is 3. The Morgan fingerprint density at radius 2 is 1.90 bits per heavy atom. The smallest absolute Gasteiger partial charge is 0.410 e. The molecule has 0 aromatic carbocycles. The number of carbonyl (C=O) groups is 2. The fraction of sp³-hybridized carbons (Fsp3) is 0.429. The Morgan fingerprint density at radius 3 is 2.50 bits per heavy atom. The van der Waals surface area contributed by atoms with E-state index >= 15 is 0 Å². The molecular weight excluding hydrogens is 406 g/mol. The van der Waals surface area contributed by atoms with Crippen molar-refractivity contribution in [1.29, 1.82) is 0 Å². The fourth-order valence-electron chi connectivity index (χ4n) is 3.02. The van der Waals surface area contributed by atoms with E-state index in [4.69, 9.17) is 16.3 Å². The molecule has 1 saturated heterocycles. The molecule has 0 spiro atoms. The monoisotopic (exact) mass is 431 g/mol. The molecule has 2 aromatic heterocycles. The molecule has 9 heteroatoms. The third kappa shape index (κ3) is 6.06. The minimum absolute atomic E-state index is 0.00427. The number of anilines is 2. The van der Waals surface area contributed by atoms with Crippen LogP contribution in [0.2, 0.25) is 5.02 Å². The van der Waals surface area contributed by atoms with Crippen LogP contribution in [-0.4, -0.2) is 51.6 Å². The molecule has 1 aliphatic heterocycles. The predicted octanol–water partition coefficient (Wildman–Crippen LogP) is 4.00. The number of pyridine rings is 2. The van der Waals surface area contributed by atoms with E-state index in [0.717, 1.165) is 0 Å². The van der Waals surface area contributed by atoms with E-state index in [1.807, 2.05) is 20.8 Å². The highest BCUT2D eigenvalue weighted by atomic mass is 35.5. The van der Waals surface area contributed by atoms with Gasteiger partial charge in [-0.2, -0.15) is 0 Å². The quantitative estimate of drug-likeness (QED) is 0.759. The van der Waals surface area contributed by atoms with Crippen molar-refractivity contribution < 1.29 is 14.3 Å². The van der Waals surface area contributed by atoms with E-state index in [-0.39, 0.29) is 18.0 Å². The summed E-state index contributed by atoms with van der Waals surface area (Å²) in [6.07, 6.45) is 5.73. The molecule has 0 saturated carbocycles. The van der Waals surface area contributed by atoms with E-state index < -0.39 is 5.60 Å². The maximum Gasteiger partial charge on any atom is 0.410 e. The van der Waals surface area contributed by atoms with Crippen molar-refractivity contribution in [2.45, 2.75) is 45.3 Å². The summed E-state index contributed by atoms with van der Waals surface area (Å²) in [7, 11) is 0. The van der Waals surface area contributed by atoms with Gasteiger partial charge in [0.05, 0.1) is 16.3 Å². The van der Waals surface area contributed by atoms with Gasteiger partial charge >= 0.3 is 6.09 Å². The van der Waals surface area contributed by atoms with Gasteiger partial charge in [0, 0.05) is 37.7 Å². The molecule has 0 atom stereocenters. The van der Waals surface area contributed by atoms with Gasteiger partial charge in [-0.1, -0.05) is 11.6 Å². The lowest BCUT2D eigenvalue weighted by Gasteiger charge is -2.33. The molecule has 3 rings (SSSR count). The van der Waals surface area contributed by atoms with E-state index in [2.05, 4.69) is 20.6 Å². The van der Waals surface area contributed by atoms with Gasteiger partial charge in [0.1, 0.15) is 11.4 Å². The molecule has 2 N–H and O–H groups in total. The fourth-order valence-corrected chi connectivity index (χ4v) is 3.18. The molecule has 160 valence electrons. The van der Waals surface area contributed by atoms with Gasteiger partial charge in [0.25, 0.3) is 5.91 Å². The van der Waals surface area contributed by atoms with E-state index in [1.165, 1.54) is 6.20 Å². The Kier molecular flexibility index (Phi) is 6.77. The Hall–Kier alpha value is -2.87. The highest BCUT2D eigenvalue weighted by molar-refractivity contribution is 6.33. The van der Waals surface area contributed by atoms with Crippen molar-refractivity contribution in [1.82, 2.24) is 20.2 Å².